The van der Waals surface area contributed by atoms with Crippen molar-refractivity contribution in [3.63, 3.8) is 0 Å². The van der Waals surface area contributed by atoms with Crippen LogP contribution >= 0.6 is 0 Å². The summed E-state index contributed by atoms with van der Waals surface area (Å²) in [5, 5.41) is 12.0. The summed E-state index contributed by atoms with van der Waals surface area (Å²) in [5.74, 6) is -0.128. The second-order valence-corrected chi connectivity index (χ2v) is 4.75. The van der Waals surface area contributed by atoms with Crippen LogP contribution in [-0.2, 0) is 24.5 Å². The molecular weight excluding hydrogens is 266 g/mol. The number of benzene rings is 2. The summed E-state index contributed by atoms with van der Waals surface area (Å²) in [4.78, 5) is 12.3. The SMILES string of the molecule is COCc1ccccc1C(=O)NCc1cccc(CO)c1. The number of ether oxygens (including phenoxy) is 1. The van der Waals surface area contributed by atoms with E-state index in [1.54, 1.807) is 13.2 Å². The third kappa shape index (κ3) is 4.15. The molecule has 0 spiro atoms. The van der Waals surface area contributed by atoms with E-state index in [1.165, 1.54) is 0 Å². The summed E-state index contributed by atoms with van der Waals surface area (Å²) in [6.07, 6.45) is 0. The van der Waals surface area contributed by atoms with Gasteiger partial charge in [0, 0.05) is 19.2 Å². The number of rotatable bonds is 6. The van der Waals surface area contributed by atoms with Crippen molar-refractivity contribution in [1.82, 2.24) is 5.32 Å². The van der Waals surface area contributed by atoms with Gasteiger partial charge in [-0.05, 0) is 22.8 Å². The zero-order valence-electron chi connectivity index (χ0n) is 12.0. The van der Waals surface area contributed by atoms with Crippen LogP contribution in [0.25, 0.3) is 0 Å². The van der Waals surface area contributed by atoms with Crippen molar-refractivity contribution in [1.29, 1.82) is 0 Å². The Hall–Kier alpha value is -2.17. The molecule has 0 bridgehead atoms. The average molecular weight is 285 g/mol. The van der Waals surface area contributed by atoms with Crippen LogP contribution in [0.4, 0.5) is 0 Å². The largest absolute Gasteiger partial charge is 0.392 e. The van der Waals surface area contributed by atoms with E-state index < -0.39 is 0 Å². The van der Waals surface area contributed by atoms with Gasteiger partial charge in [-0.1, -0.05) is 42.5 Å². The van der Waals surface area contributed by atoms with Gasteiger partial charge in [0.15, 0.2) is 0 Å². The van der Waals surface area contributed by atoms with Gasteiger partial charge in [0.1, 0.15) is 0 Å². The Morgan fingerprint density at radius 1 is 1.14 bits per heavy atom. The standard InChI is InChI=1S/C17H19NO3/c1-21-12-15-7-2-3-8-16(15)17(20)18-10-13-5-4-6-14(9-13)11-19/h2-9,19H,10-12H2,1H3,(H,18,20). The van der Waals surface area contributed by atoms with E-state index in [0.29, 0.717) is 18.7 Å². The Labute approximate surface area is 124 Å². The van der Waals surface area contributed by atoms with Gasteiger partial charge in [0.25, 0.3) is 5.91 Å². The lowest BCUT2D eigenvalue weighted by atomic mass is 10.1. The van der Waals surface area contributed by atoms with Crippen molar-refractivity contribution >= 4 is 5.91 Å². The highest BCUT2D eigenvalue weighted by atomic mass is 16.5. The second kappa shape index (κ2) is 7.57. The molecule has 1 amide bonds. The lowest BCUT2D eigenvalue weighted by molar-refractivity contribution is 0.0946. The molecule has 0 aliphatic heterocycles. The van der Waals surface area contributed by atoms with Crippen molar-refractivity contribution in [3.05, 3.63) is 70.8 Å². The maximum Gasteiger partial charge on any atom is 0.251 e. The zero-order valence-corrected chi connectivity index (χ0v) is 12.0. The topological polar surface area (TPSA) is 58.6 Å². The van der Waals surface area contributed by atoms with Gasteiger partial charge in [-0.15, -0.1) is 0 Å². The summed E-state index contributed by atoms with van der Waals surface area (Å²) in [5.41, 5.74) is 3.28. The number of hydrogen-bond donors (Lipinski definition) is 2. The Morgan fingerprint density at radius 3 is 2.67 bits per heavy atom. The van der Waals surface area contributed by atoms with E-state index in [1.807, 2.05) is 42.5 Å². The Balaban J connectivity index is 2.04. The van der Waals surface area contributed by atoms with Crippen molar-refractivity contribution < 1.29 is 14.6 Å². The van der Waals surface area contributed by atoms with E-state index in [-0.39, 0.29) is 12.5 Å². The third-order valence-electron chi connectivity index (χ3n) is 3.19. The quantitative estimate of drug-likeness (QED) is 0.856. The molecule has 2 aromatic rings. The van der Waals surface area contributed by atoms with Gasteiger partial charge >= 0.3 is 0 Å². The minimum atomic E-state index is -0.128. The van der Waals surface area contributed by atoms with Gasteiger partial charge in [0.2, 0.25) is 0 Å². The van der Waals surface area contributed by atoms with Crippen LogP contribution in [0.15, 0.2) is 48.5 Å². The molecule has 110 valence electrons. The first kappa shape index (κ1) is 15.2. The number of carbonyl (C=O) groups excluding carboxylic acids is 1. The smallest absolute Gasteiger partial charge is 0.251 e. The lowest BCUT2D eigenvalue weighted by Crippen LogP contribution is -2.24. The molecule has 0 aliphatic rings. The molecule has 4 heteroatoms. The van der Waals surface area contributed by atoms with Crippen LogP contribution in [0.3, 0.4) is 0 Å². The van der Waals surface area contributed by atoms with Crippen LogP contribution < -0.4 is 5.32 Å². The van der Waals surface area contributed by atoms with Gasteiger partial charge in [-0.2, -0.15) is 0 Å². The zero-order chi connectivity index (χ0) is 15.1. The van der Waals surface area contributed by atoms with Crippen LogP contribution in [0.2, 0.25) is 0 Å². The monoisotopic (exact) mass is 285 g/mol. The molecule has 0 atom stereocenters. The molecule has 2 aromatic carbocycles. The van der Waals surface area contributed by atoms with Gasteiger partial charge in [-0.25, -0.2) is 0 Å². The first-order valence-corrected chi connectivity index (χ1v) is 6.78. The summed E-state index contributed by atoms with van der Waals surface area (Å²) in [6.45, 7) is 0.829. The number of amides is 1. The van der Waals surface area contributed by atoms with Crippen molar-refractivity contribution in [2.75, 3.05) is 7.11 Å². The Kier molecular flexibility index (Phi) is 5.49. The van der Waals surface area contributed by atoms with Crippen molar-refractivity contribution in [3.8, 4) is 0 Å². The number of nitrogens with one attached hydrogen (secondary N) is 1. The fraction of sp³-hybridized carbons (Fsp3) is 0.235. The maximum atomic E-state index is 12.3. The van der Waals surface area contributed by atoms with E-state index in [0.717, 1.165) is 16.7 Å². The molecule has 0 heterocycles. The predicted octanol–water partition coefficient (Wildman–Crippen LogP) is 2.26. The molecule has 21 heavy (non-hydrogen) atoms. The molecule has 0 saturated carbocycles. The maximum absolute atomic E-state index is 12.3. The predicted molar refractivity (Wildman–Crippen MR) is 80.7 cm³/mol. The van der Waals surface area contributed by atoms with Crippen LogP contribution in [0.5, 0.6) is 0 Å². The molecule has 2 rings (SSSR count). The molecule has 0 saturated heterocycles. The van der Waals surface area contributed by atoms with E-state index in [9.17, 15) is 4.79 Å². The fourth-order valence-corrected chi connectivity index (χ4v) is 2.14. The lowest BCUT2D eigenvalue weighted by Gasteiger charge is -2.10. The fourth-order valence-electron chi connectivity index (χ4n) is 2.14. The number of aliphatic hydroxyl groups excluding tert-OH is 1. The molecule has 0 fully saturated rings. The summed E-state index contributed by atoms with van der Waals surface area (Å²) in [6, 6.07) is 14.9. The highest BCUT2D eigenvalue weighted by Crippen LogP contribution is 2.11. The number of aliphatic hydroxyl groups is 1. The van der Waals surface area contributed by atoms with E-state index >= 15 is 0 Å². The summed E-state index contributed by atoms with van der Waals surface area (Å²) >= 11 is 0. The van der Waals surface area contributed by atoms with Gasteiger partial charge in [0.05, 0.1) is 13.2 Å². The van der Waals surface area contributed by atoms with Crippen LogP contribution in [-0.4, -0.2) is 18.1 Å². The molecule has 4 nitrogen and oxygen atoms in total. The highest BCUT2D eigenvalue weighted by molar-refractivity contribution is 5.95. The highest BCUT2D eigenvalue weighted by Gasteiger charge is 2.10. The van der Waals surface area contributed by atoms with Gasteiger partial charge in [-0.3, -0.25) is 4.79 Å². The minimum Gasteiger partial charge on any atom is -0.392 e. The van der Waals surface area contributed by atoms with Crippen LogP contribution in [0.1, 0.15) is 27.0 Å². The van der Waals surface area contributed by atoms with Gasteiger partial charge < -0.3 is 15.2 Å². The number of methoxy groups -OCH3 is 1. The normalized spacial score (nSPS) is 10.4. The molecular formula is C17H19NO3. The average Bonchev–Trinajstić information content (AvgIpc) is 2.53. The minimum absolute atomic E-state index is 0.00153. The first-order valence-electron chi connectivity index (χ1n) is 6.78. The first-order chi connectivity index (χ1) is 10.2. The van der Waals surface area contributed by atoms with E-state index in [4.69, 9.17) is 9.84 Å². The summed E-state index contributed by atoms with van der Waals surface area (Å²) < 4.78 is 5.10. The van der Waals surface area contributed by atoms with Crippen LogP contribution in [0, 0.1) is 0 Å². The van der Waals surface area contributed by atoms with E-state index in [2.05, 4.69) is 5.32 Å². The summed E-state index contributed by atoms with van der Waals surface area (Å²) in [7, 11) is 1.61. The second-order valence-electron chi connectivity index (χ2n) is 4.75. The molecule has 2 N–H and O–H groups in total. The molecule has 0 radical (unpaired) electrons. The Morgan fingerprint density at radius 2 is 1.90 bits per heavy atom. The molecule has 0 aliphatic carbocycles. The Bertz CT molecular complexity index is 610. The number of hydrogen-bond acceptors (Lipinski definition) is 3. The molecule has 0 aromatic heterocycles. The van der Waals surface area contributed by atoms with Crippen molar-refractivity contribution in [2.45, 2.75) is 19.8 Å². The van der Waals surface area contributed by atoms with Crippen molar-refractivity contribution in [2.24, 2.45) is 0 Å². The third-order valence-corrected chi connectivity index (χ3v) is 3.19. The number of carbonyl (C=O) groups is 1. The molecule has 0 unspecified atom stereocenters.